The maximum atomic E-state index is 15.4. The number of carbonyl (C=O) groups is 1. The molecule has 14 heteroatoms. The van der Waals surface area contributed by atoms with Gasteiger partial charge in [-0.15, -0.1) is 0 Å². The lowest BCUT2D eigenvalue weighted by Gasteiger charge is -2.38. The Hall–Kier alpha value is -2.82. The zero-order valence-corrected chi connectivity index (χ0v) is 23.6. The molecule has 1 saturated carbocycles. The fourth-order valence-electron chi connectivity index (χ4n) is 4.15. The zero-order valence-electron chi connectivity index (χ0n) is 20.7. The number of benzene rings is 2. The van der Waals surface area contributed by atoms with Crippen LogP contribution in [0.3, 0.4) is 0 Å². The molecule has 1 aliphatic carbocycles. The minimum absolute atomic E-state index is 0.226. The van der Waals surface area contributed by atoms with Crippen molar-refractivity contribution in [3.8, 4) is 0 Å². The van der Waals surface area contributed by atoms with Crippen molar-refractivity contribution < 1.29 is 35.6 Å². The third kappa shape index (κ3) is 6.18. The number of nitrogens with one attached hydrogen (secondary N) is 3. The fourth-order valence-corrected chi connectivity index (χ4v) is 6.12. The number of hydrogen-bond acceptors (Lipinski definition) is 6. The number of hydroxylamine groups is 1. The van der Waals surface area contributed by atoms with Gasteiger partial charge in [-0.1, -0.05) is 0 Å². The molecule has 0 radical (unpaired) electrons. The number of anilines is 2. The van der Waals surface area contributed by atoms with Gasteiger partial charge in [0.25, 0.3) is 15.9 Å². The van der Waals surface area contributed by atoms with Crippen molar-refractivity contribution in [2.24, 2.45) is 0 Å². The van der Waals surface area contributed by atoms with Crippen LogP contribution in [0.15, 0.2) is 41.6 Å². The summed E-state index contributed by atoms with van der Waals surface area (Å²) in [5, 5.41) is 1.52. The van der Waals surface area contributed by atoms with Crippen LogP contribution in [0, 0.1) is 26.8 Å². The second kappa shape index (κ2) is 11.3. The fraction of sp³-hybridized carbons (Fsp3) is 0.280. The number of rotatable bonds is 9. The average molecular weight is 678 g/mol. The highest BCUT2D eigenvalue weighted by atomic mass is 127. The average Bonchev–Trinajstić information content (AvgIpc) is 2.85. The number of carbonyl (C=O) groups excluding carboxylic acids is 1. The molecule has 1 aromatic heterocycles. The Morgan fingerprint density at radius 2 is 1.79 bits per heavy atom. The maximum Gasteiger partial charge on any atom is 0.277 e. The van der Waals surface area contributed by atoms with Crippen molar-refractivity contribution >= 4 is 49.9 Å². The van der Waals surface area contributed by atoms with Gasteiger partial charge in [-0.2, -0.15) is 0 Å². The quantitative estimate of drug-likeness (QED) is 0.165. The third-order valence-corrected chi connectivity index (χ3v) is 8.55. The molecule has 4 rings (SSSR count). The molecular formula is C25H23F4IN4O4S. The van der Waals surface area contributed by atoms with Gasteiger partial charge in [-0.3, -0.25) is 9.63 Å². The summed E-state index contributed by atoms with van der Waals surface area (Å²) in [6.45, 7) is 1.69. The van der Waals surface area contributed by atoms with Crippen LogP contribution < -0.4 is 15.5 Å². The highest BCUT2D eigenvalue weighted by Gasteiger charge is 2.38. The lowest BCUT2D eigenvalue weighted by atomic mass is 9.80. The highest BCUT2D eigenvalue weighted by Crippen LogP contribution is 2.34. The molecule has 0 atom stereocenters. The Morgan fingerprint density at radius 1 is 1.08 bits per heavy atom. The molecule has 0 bridgehead atoms. The highest BCUT2D eigenvalue weighted by molar-refractivity contribution is 14.1. The molecule has 1 aliphatic rings. The minimum Gasteiger partial charge on any atom is -0.350 e. The summed E-state index contributed by atoms with van der Waals surface area (Å²) >= 11 is 1.87. The predicted molar refractivity (Wildman–Crippen MR) is 143 cm³/mol. The molecule has 0 aliphatic heterocycles. The zero-order chi connectivity index (χ0) is 28.5. The number of sulfonamides is 1. The molecule has 0 unspecified atom stereocenters. The smallest absolute Gasteiger partial charge is 0.277 e. The summed E-state index contributed by atoms with van der Waals surface area (Å²) in [4.78, 5) is 20.9. The van der Waals surface area contributed by atoms with Gasteiger partial charge in [-0.25, -0.2) is 41.2 Å². The molecule has 0 saturated heterocycles. The van der Waals surface area contributed by atoms with Crippen molar-refractivity contribution in [3.63, 3.8) is 0 Å². The van der Waals surface area contributed by atoms with Gasteiger partial charge in [0.1, 0.15) is 5.82 Å². The van der Waals surface area contributed by atoms with E-state index in [2.05, 4.69) is 19.9 Å². The molecule has 39 heavy (non-hydrogen) atoms. The van der Waals surface area contributed by atoms with Gasteiger partial charge in [-0.05, 0) is 90.2 Å². The molecule has 1 heterocycles. The summed E-state index contributed by atoms with van der Waals surface area (Å²) in [7, 11) is -3.23. The maximum absolute atomic E-state index is 15.4. The first-order chi connectivity index (χ1) is 18.3. The van der Waals surface area contributed by atoms with Crippen LogP contribution in [0.2, 0.25) is 0 Å². The number of nitrogens with zero attached hydrogens (tertiary/aromatic N) is 1. The van der Waals surface area contributed by atoms with Crippen LogP contribution >= 0.6 is 22.6 Å². The van der Waals surface area contributed by atoms with E-state index < -0.39 is 73.0 Å². The van der Waals surface area contributed by atoms with Gasteiger partial charge in [0.15, 0.2) is 17.5 Å². The molecule has 2 aromatic carbocycles. The second-order valence-corrected chi connectivity index (χ2v) is 12.1. The van der Waals surface area contributed by atoms with Crippen LogP contribution in [0.25, 0.3) is 0 Å². The van der Waals surface area contributed by atoms with Crippen molar-refractivity contribution in [1.82, 2.24) is 15.2 Å². The molecule has 1 fully saturated rings. The standard InChI is InChI=1S/C25H23F4IN4O4S/c1-25(7-3-8-25)34-39(36,37)24-20(28)13(6-9-31-24)10-14-11-16(23(35)33-38-2)22(21(29)19(14)27)32-18-5-4-15(30)12-17(18)26/h4-6,9,11-12,32,34H,3,7-8,10H2,1-2H3,(H,33,35). The van der Waals surface area contributed by atoms with E-state index in [0.29, 0.717) is 16.4 Å². The number of amides is 1. The largest absolute Gasteiger partial charge is 0.350 e. The number of aromatic nitrogens is 1. The molecular weight excluding hydrogens is 655 g/mol. The normalized spacial score (nSPS) is 14.5. The SMILES string of the molecule is CONC(=O)c1cc(Cc2ccnc(S(=O)(=O)NC3(C)CCC3)c2F)c(F)c(F)c1Nc1ccc(I)cc1F. The van der Waals surface area contributed by atoms with Crippen LogP contribution in [0.4, 0.5) is 28.9 Å². The third-order valence-electron chi connectivity index (χ3n) is 6.32. The van der Waals surface area contributed by atoms with E-state index in [0.717, 1.165) is 37.9 Å². The minimum atomic E-state index is -4.35. The molecule has 3 N–H and O–H groups in total. The van der Waals surface area contributed by atoms with Crippen molar-refractivity contribution in [3.05, 3.63) is 80.1 Å². The van der Waals surface area contributed by atoms with E-state index in [9.17, 15) is 17.6 Å². The van der Waals surface area contributed by atoms with Crippen molar-refractivity contribution in [1.29, 1.82) is 0 Å². The van der Waals surface area contributed by atoms with E-state index >= 15 is 13.2 Å². The Labute approximate surface area is 235 Å². The summed E-state index contributed by atoms with van der Waals surface area (Å²) in [6.07, 6.45) is 2.40. The Balaban J connectivity index is 1.74. The van der Waals surface area contributed by atoms with Crippen molar-refractivity contribution in [2.45, 2.75) is 43.2 Å². The Kier molecular flexibility index (Phi) is 8.49. The lowest BCUT2D eigenvalue weighted by molar-refractivity contribution is 0.0538. The number of hydrogen-bond donors (Lipinski definition) is 3. The predicted octanol–water partition coefficient (Wildman–Crippen LogP) is 5.09. The monoisotopic (exact) mass is 678 g/mol. The molecule has 208 valence electrons. The first-order valence-corrected chi connectivity index (χ1v) is 14.1. The number of pyridine rings is 1. The first kappa shape index (κ1) is 29.2. The van der Waals surface area contributed by atoms with Crippen LogP contribution in [-0.4, -0.2) is 32.0 Å². The number of halogens is 5. The van der Waals surface area contributed by atoms with Crippen LogP contribution in [0.1, 0.15) is 47.7 Å². The van der Waals surface area contributed by atoms with E-state index in [1.54, 1.807) is 6.92 Å². The Bertz CT molecular complexity index is 1550. The first-order valence-electron chi connectivity index (χ1n) is 11.6. The van der Waals surface area contributed by atoms with Crippen molar-refractivity contribution in [2.75, 3.05) is 12.4 Å². The Morgan fingerprint density at radius 3 is 2.41 bits per heavy atom. The van der Waals surface area contributed by atoms with Crippen LogP contribution in [0.5, 0.6) is 0 Å². The molecule has 0 spiro atoms. The van der Waals surface area contributed by atoms with Gasteiger partial charge in [0.2, 0.25) is 5.03 Å². The van der Waals surface area contributed by atoms with Gasteiger partial charge < -0.3 is 5.32 Å². The van der Waals surface area contributed by atoms with Crippen LogP contribution in [-0.2, 0) is 21.3 Å². The topological polar surface area (TPSA) is 109 Å². The van der Waals surface area contributed by atoms with Gasteiger partial charge in [0, 0.05) is 21.7 Å². The van der Waals surface area contributed by atoms with Gasteiger partial charge >= 0.3 is 0 Å². The van der Waals surface area contributed by atoms with E-state index in [1.165, 1.54) is 12.1 Å². The van der Waals surface area contributed by atoms with E-state index in [-0.39, 0.29) is 11.3 Å². The van der Waals surface area contributed by atoms with E-state index in [4.69, 9.17) is 0 Å². The van der Waals surface area contributed by atoms with E-state index in [1.807, 2.05) is 28.1 Å². The molecule has 3 aromatic rings. The summed E-state index contributed by atoms with van der Waals surface area (Å²) in [5.74, 6) is -5.99. The second-order valence-electron chi connectivity index (χ2n) is 9.26. The molecule has 1 amide bonds. The molecule has 8 nitrogen and oxygen atoms in total. The van der Waals surface area contributed by atoms with Gasteiger partial charge in [0.05, 0.1) is 24.0 Å². The summed E-state index contributed by atoms with van der Waals surface area (Å²) in [5.41, 5.74) is -0.869. The lowest BCUT2D eigenvalue weighted by Crippen LogP contribution is -2.51. The summed E-state index contributed by atoms with van der Waals surface area (Å²) in [6, 6.07) is 6.02. The summed E-state index contributed by atoms with van der Waals surface area (Å²) < 4.78 is 89.0.